The number of ether oxygens (including phenoxy) is 3. The van der Waals surface area contributed by atoms with Gasteiger partial charge in [0.25, 0.3) is 0 Å². The second kappa shape index (κ2) is 13.7. The summed E-state index contributed by atoms with van der Waals surface area (Å²) in [5.41, 5.74) is 2.53. The van der Waals surface area contributed by atoms with Crippen LogP contribution in [-0.2, 0) is 20.8 Å². The van der Waals surface area contributed by atoms with Crippen molar-refractivity contribution in [2.45, 2.75) is 31.8 Å². The van der Waals surface area contributed by atoms with Gasteiger partial charge in [0.15, 0.2) is 5.75 Å². The molecule has 0 N–H and O–H groups in total. The molecule has 1 unspecified atom stereocenters. The number of carbonyl (C=O) groups is 1. The number of carbonyl (C=O) groups excluding carboxylic acids is 1. The van der Waals surface area contributed by atoms with Gasteiger partial charge in [-0.1, -0.05) is 23.2 Å². The Morgan fingerprint density at radius 2 is 1.74 bits per heavy atom. The van der Waals surface area contributed by atoms with E-state index < -0.39 is 0 Å². The summed E-state index contributed by atoms with van der Waals surface area (Å²) in [5.74, 6) is 1.74. The standard InChI is InChI=1S/C31H36Cl2N6O4/c1-41-30(40)11-21-3-2-4-37(17-21)18-22-9-28(23-12-24(32)14-25(33)13-23)36-29(10-22)43-27-15-34-31(35-16-27)39-7-5-38(6-8-39)26-19-42-20-26/h9-10,12-16,21,26H,2-8,11,17-20H2,1H3. The number of rotatable bonds is 9. The smallest absolute Gasteiger partial charge is 0.305 e. The minimum absolute atomic E-state index is 0.161. The van der Waals surface area contributed by atoms with Crippen molar-refractivity contribution in [2.75, 3.05) is 64.5 Å². The highest BCUT2D eigenvalue weighted by molar-refractivity contribution is 6.35. The molecule has 3 aliphatic rings. The third kappa shape index (κ3) is 7.74. The van der Waals surface area contributed by atoms with E-state index in [1.165, 1.54) is 7.11 Å². The summed E-state index contributed by atoms with van der Waals surface area (Å²) in [6.07, 6.45) is 5.87. The van der Waals surface area contributed by atoms with E-state index in [0.717, 1.165) is 76.5 Å². The second-order valence-corrected chi connectivity index (χ2v) is 12.3. The number of halogens is 2. The fourth-order valence-corrected chi connectivity index (χ4v) is 6.48. The fourth-order valence-electron chi connectivity index (χ4n) is 5.96. The minimum atomic E-state index is -0.161. The van der Waals surface area contributed by atoms with Crippen LogP contribution in [0.2, 0.25) is 10.0 Å². The quantitative estimate of drug-likeness (QED) is 0.304. The Labute approximate surface area is 261 Å². The van der Waals surface area contributed by atoms with Crippen LogP contribution < -0.4 is 9.64 Å². The summed E-state index contributed by atoms with van der Waals surface area (Å²) in [7, 11) is 1.44. The lowest BCUT2D eigenvalue weighted by Crippen LogP contribution is -2.56. The maximum Gasteiger partial charge on any atom is 0.305 e. The van der Waals surface area contributed by atoms with Crippen molar-refractivity contribution in [2.24, 2.45) is 5.92 Å². The molecule has 0 radical (unpaired) electrons. The number of esters is 1. The maximum absolute atomic E-state index is 11.9. The Kier molecular flexibility index (Phi) is 9.59. The van der Waals surface area contributed by atoms with E-state index in [0.29, 0.717) is 52.3 Å². The van der Waals surface area contributed by atoms with Crippen molar-refractivity contribution < 1.29 is 19.0 Å². The van der Waals surface area contributed by atoms with E-state index in [-0.39, 0.29) is 11.9 Å². The minimum Gasteiger partial charge on any atom is -0.469 e. The molecule has 1 atom stereocenters. The maximum atomic E-state index is 11.9. The van der Waals surface area contributed by atoms with Gasteiger partial charge in [0, 0.05) is 67.4 Å². The zero-order chi connectivity index (χ0) is 29.8. The normalized spacial score (nSPS) is 20.1. The molecule has 3 saturated heterocycles. The molecule has 1 aromatic carbocycles. The van der Waals surface area contributed by atoms with E-state index in [9.17, 15) is 4.79 Å². The van der Waals surface area contributed by atoms with E-state index in [1.807, 2.05) is 24.3 Å². The predicted molar refractivity (Wildman–Crippen MR) is 165 cm³/mol. The van der Waals surface area contributed by atoms with Gasteiger partial charge in [-0.25, -0.2) is 15.0 Å². The van der Waals surface area contributed by atoms with Crippen LogP contribution in [0.5, 0.6) is 11.6 Å². The first-order chi connectivity index (χ1) is 20.9. The SMILES string of the molecule is COC(=O)CC1CCCN(Cc2cc(Oc3cnc(N4CCN(C5COC5)CC4)nc3)nc(-c3cc(Cl)cc(Cl)c3)c2)C1. The second-order valence-electron chi connectivity index (χ2n) is 11.4. The van der Waals surface area contributed by atoms with E-state index in [4.69, 9.17) is 42.4 Å². The number of hydrogen-bond donors (Lipinski definition) is 0. The van der Waals surface area contributed by atoms with Crippen LogP contribution in [0.1, 0.15) is 24.8 Å². The molecule has 0 amide bonds. The van der Waals surface area contributed by atoms with Gasteiger partial charge in [0.2, 0.25) is 11.8 Å². The highest BCUT2D eigenvalue weighted by Crippen LogP contribution is 2.31. The van der Waals surface area contributed by atoms with Gasteiger partial charge < -0.3 is 19.1 Å². The number of likely N-dealkylation sites (tertiary alicyclic amines) is 1. The Morgan fingerprint density at radius 3 is 2.42 bits per heavy atom. The number of nitrogens with zero attached hydrogens (tertiary/aromatic N) is 6. The highest BCUT2D eigenvalue weighted by Gasteiger charge is 2.29. The van der Waals surface area contributed by atoms with Gasteiger partial charge >= 0.3 is 5.97 Å². The van der Waals surface area contributed by atoms with Crippen molar-refractivity contribution in [3.63, 3.8) is 0 Å². The van der Waals surface area contributed by atoms with Crippen LogP contribution in [-0.4, -0.2) is 96.4 Å². The van der Waals surface area contributed by atoms with Crippen LogP contribution >= 0.6 is 23.2 Å². The molecular weight excluding hydrogens is 591 g/mol. The van der Waals surface area contributed by atoms with Gasteiger partial charge in [-0.3, -0.25) is 14.6 Å². The van der Waals surface area contributed by atoms with E-state index in [1.54, 1.807) is 18.5 Å². The van der Waals surface area contributed by atoms with Crippen molar-refractivity contribution in [3.8, 4) is 22.9 Å². The first kappa shape index (κ1) is 30.0. The number of pyridine rings is 1. The number of aromatic nitrogens is 3. The number of methoxy groups -OCH3 is 1. The van der Waals surface area contributed by atoms with Crippen LogP contribution in [0, 0.1) is 5.92 Å². The summed E-state index contributed by atoms with van der Waals surface area (Å²) in [5, 5.41) is 1.06. The third-order valence-corrected chi connectivity index (χ3v) is 8.72. The number of anilines is 1. The van der Waals surface area contributed by atoms with Crippen molar-refractivity contribution >= 4 is 35.1 Å². The first-order valence-corrected chi connectivity index (χ1v) is 15.5. The summed E-state index contributed by atoms with van der Waals surface area (Å²) < 4.78 is 16.5. The summed E-state index contributed by atoms with van der Waals surface area (Å²) in [6, 6.07) is 9.90. The van der Waals surface area contributed by atoms with Gasteiger partial charge in [-0.05, 0) is 55.1 Å². The van der Waals surface area contributed by atoms with Gasteiger partial charge in [-0.2, -0.15) is 0 Å². The van der Waals surface area contributed by atoms with Crippen molar-refractivity contribution in [1.82, 2.24) is 24.8 Å². The monoisotopic (exact) mass is 626 g/mol. The number of piperazine rings is 1. The zero-order valence-corrected chi connectivity index (χ0v) is 25.8. The summed E-state index contributed by atoms with van der Waals surface area (Å²) >= 11 is 12.7. The Morgan fingerprint density at radius 1 is 1.00 bits per heavy atom. The van der Waals surface area contributed by atoms with Gasteiger partial charge in [0.05, 0.1) is 44.5 Å². The molecule has 10 nitrogen and oxygen atoms in total. The number of benzene rings is 1. The zero-order valence-electron chi connectivity index (χ0n) is 24.3. The molecule has 12 heteroatoms. The molecular formula is C31H36Cl2N6O4. The van der Waals surface area contributed by atoms with Crippen molar-refractivity contribution in [3.05, 3.63) is 58.3 Å². The van der Waals surface area contributed by atoms with Crippen molar-refractivity contribution in [1.29, 1.82) is 0 Å². The molecule has 5 heterocycles. The molecule has 228 valence electrons. The largest absolute Gasteiger partial charge is 0.469 e. The first-order valence-electron chi connectivity index (χ1n) is 14.7. The van der Waals surface area contributed by atoms with E-state index >= 15 is 0 Å². The molecule has 0 spiro atoms. The lowest BCUT2D eigenvalue weighted by molar-refractivity contribution is -0.142. The lowest BCUT2D eigenvalue weighted by atomic mass is 9.94. The molecule has 0 saturated carbocycles. The fraction of sp³-hybridized carbons (Fsp3) is 0.484. The molecule has 3 fully saturated rings. The third-order valence-electron chi connectivity index (χ3n) is 8.28. The van der Waals surface area contributed by atoms with Crippen LogP contribution in [0.25, 0.3) is 11.3 Å². The highest BCUT2D eigenvalue weighted by atomic mass is 35.5. The van der Waals surface area contributed by atoms with Gasteiger partial charge in [-0.15, -0.1) is 0 Å². The molecule has 3 aromatic rings. The topological polar surface area (TPSA) is 93.2 Å². The van der Waals surface area contributed by atoms with Gasteiger partial charge in [0.1, 0.15) is 0 Å². The average Bonchev–Trinajstić information content (AvgIpc) is 2.97. The van der Waals surface area contributed by atoms with Crippen LogP contribution in [0.4, 0.5) is 5.95 Å². The Bertz CT molecular complexity index is 1400. The summed E-state index contributed by atoms with van der Waals surface area (Å²) in [6.45, 7) is 7.83. The molecule has 0 bridgehead atoms. The predicted octanol–water partition coefficient (Wildman–Crippen LogP) is 4.93. The summed E-state index contributed by atoms with van der Waals surface area (Å²) in [4.78, 5) is 32.9. The molecule has 2 aromatic heterocycles. The molecule has 6 rings (SSSR count). The average molecular weight is 628 g/mol. The van der Waals surface area contributed by atoms with Crippen LogP contribution in [0.3, 0.4) is 0 Å². The van der Waals surface area contributed by atoms with E-state index in [2.05, 4.69) is 24.7 Å². The molecule has 43 heavy (non-hydrogen) atoms. The number of hydrogen-bond acceptors (Lipinski definition) is 10. The number of piperidine rings is 1. The molecule has 3 aliphatic heterocycles. The lowest BCUT2D eigenvalue weighted by Gasteiger charge is -2.42. The van der Waals surface area contributed by atoms with Crippen LogP contribution in [0.15, 0.2) is 42.7 Å². The Hall–Kier alpha value is -3.02. The Balaban J connectivity index is 1.18. The molecule has 0 aliphatic carbocycles.